The molecule has 0 radical (unpaired) electrons. The van der Waals surface area contributed by atoms with E-state index in [1.807, 2.05) is 6.07 Å². The van der Waals surface area contributed by atoms with Crippen LogP contribution in [0.3, 0.4) is 0 Å². The number of rotatable bonds is 6. The molecule has 3 heteroatoms. The molecule has 2 nitrogen and oxygen atoms in total. The van der Waals surface area contributed by atoms with Crippen LogP contribution in [0.2, 0.25) is 0 Å². The van der Waals surface area contributed by atoms with E-state index in [-0.39, 0.29) is 0 Å². The third-order valence-electron chi connectivity index (χ3n) is 5.89. The van der Waals surface area contributed by atoms with Gasteiger partial charge in [-0.3, -0.25) is 0 Å². The Morgan fingerprint density at radius 1 is 0.897 bits per heavy atom. The lowest BCUT2D eigenvalue weighted by molar-refractivity contribution is 0.107. The van der Waals surface area contributed by atoms with E-state index in [9.17, 15) is 5.11 Å². The maximum Gasteiger partial charge on any atom is 0.124 e. The highest BCUT2D eigenvalue weighted by atomic mass is 32.2. The number of fused-ring (bicyclic) bond motifs is 2. The minimum atomic E-state index is -0.999. The predicted molar refractivity (Wildman–Crippen MR) is 123 cm³/mol. The maximum atomic E-state index is 12.2. The summed E-state index contributed by atoms with van der Waals surface area (Å²) in [7, 11) is 4.26. The molecule has 3 aromatic rings. The SMILES string of the molecule is CN(C)CCC1Cc2ccccc2C(O)(CSc2ccccc2)c2ccccc21. The van der Waals surface area contributed by atoms with Crippen molar-refractivity contribution in [1.29, 1.82) is 0 Å². The lowest BCUT2D eigenvalue weighted by Gasteiger charge is -2.31. The average molecular weight is 404 g/mol. The number of nitrogens with zero attached hydrogens (tertiary/aromatic N) is 1. The van der Waals surface area contributed by atoms with Crippen LogP contribution in [0, 0.1) is 0 Å². The highest BCUT2D eigenvalue weighted by Gasteiger charge is 2.39. The largest absolute Gasteiger partial charge is 0.379 e. The number of hydrogen-bond donors (Lipinski definition) is 1. The van der Waals surface area contributed by atoms with Crippen molar-refractivity contribution in [2.24, 2.45) is 0 Å². The summed E-state index contributed by atoms with van der Waals surface area (Å²) in [5.41, 5.74) is 3.69. The van der Waals surface area contributed by atoms with Crippen molar-refractivity contribution in [2.45, 2.75) is 29.3 Å². The van der Waals surface area contributed by atoms with Crippen molar-refractivity contribution in [3.8, 4) is 0 Å². The monoisotopic (exact) mass is 403 g/mol. The Morgan fingerprint density at radius 3 is 2.31 bits per heavy atom. The third kappa shape index (κ3) is 4.28. The van der Waals surface area contributed by atoms with Gasteiger partial charge in [0.1, 0.15) is 5.60 Å². The normalized spacial score (nSPS) is 20.8. The Morgan fingerprint density at radius 2 is 1.55 bits per heavy atom. The number of aliphatic hydroxyl groups is 1. The van der Waals surface area contributed by atoms with Crippen LogP contribution in [-0.4, -0.2) is 36.4 Å². The molecule has 2 atom stereocenters. The molecule has 0 aromatic heterocycles. The molecule has 0 fully saturated rings. The number of hydrogen-bond acceptors (Lipinski definition) is 3. The van der Waals surface area contributed by atoms with E-state index in [1.54, 1.807) is 11.8 Å². The van der Waals surface area contributed by atoms with Gasteiger partial charge < -0.3 is 10.0 Å². The zero-order valence-corrected chi connectivity index (χ0v) is 18.0. The first-order valence-electron chi connectivity index (χ1n) is 10.3. The highest BCUT2D eigenvalue weighted by molar-refractivity contribution is 7.99. The highest BCUT2D eigenvalue weighted by Crippen LogP contribution is 2.45. The summed E-state index contributed by atoms with van der Waals surface area (Å²) in [5, 5.41) is 12.2. The van der Waals surface area contributed by atoms with Gasteiger partial charge in [0.15, 0.2) is 0 Å². The minimum Gasteiger partial charge on any atom is -0.379 e. The first kappa shape index (κ1) is 20.2. The van der Waals surface area contributed by atoms with Crippen molar-refractivity contribution in [2.75, 3.05) is 26.4 Å². The molecular weight excluding hydrogens is 374 g/mol. The molecule has 0 amide bonds. The Hall–Kier alpha value is -2.07. The molecular formula is C26H29NOS. The molecule has 0 bridgehead atoms. The lowest BCUT2D eigenvalue weighted by Crippen LogP contribution is -2.31. The molecule has 0 heterocycles. The number of thioether (sulfide) groups is 1. The molecule has 150 valence electrons. The molecule has 1 aliphatic carbocycles. The molecule has 4 rings (SSSR count). The zero-order valence-electron chi connectivity index (χ0n) is 17.2. The van der Waals surface area contributed by atoms with E-state index in [4.69, 9.17) is 0 Å². The first-order chi connectivity index (χ1) is 14.1. The average Bonchev–Trinajstić information content (AvgIpc) is 2.85. The van der Waals surface area contributed by atoms with Crippen LogP contribution >= 0.6 is 11.8 Å². The van der Waals surface area contributed by atoms with Crippen molar-refractivity contribution < 1.29 is 5.11 Å². The Balaban J connectivity index is 1.78. The number of benzene rings is 3. The van der Waals surface area contributed by atoms with Gasteiger partial charge in [-0.15, -0.1) is 11.8 Å². The second-order valence-electron chi connectivity index (χ2n) is 8.20. The fraction of sp³-hybridized carbons (Fsp3) is 0.308. The second-order valence-corrected chi connectivity index (χ2v) is 9.25. The van der Waals surface area contributed by atoms with Gasteiger partial charge >= 0.3 is 0 Å². The summed E-state index contributed by atoms with van der Waals surface area (Å²) in [6.07, 6.45) is 2.06. The molecule has 2 unspecified atom stereocenters. The Bertz CT molecular complexity index is 956. The third-order valence-corrected chi connectivity index (χ3v) is 7.06. The summed E-state index contributed by atoms with van der Waals surface area (Å²) < 4.78 is 0. The van der Waals surface area contributed by atoms with Crippen LogP contribution in [0.1, 0.15) is 34.6 Å². The minimum absolute atomic E-state index is 0.408. The van der Waals surface area contributed by atoms with Crippen molar-refractivity contribution in [3.05, 3.63) is 101 Å². The van der Waals surface area contributed by atoms with Crippen molar-refractivity contribution in [3.63, 3.8) is 0 Å². The fourth-order valence-corrected chi connectivity index (χ4v) is 5.42. The van der Waals surface area contributed by atoms with Gasteiger partial charge in [0.2, 0.25) is 0 Å². The zero-order chi connectivity index (χ0) is 20.3. The molecule has 0 spiro atoms. The Labute approximate surface area is 178 Å². The van der Waals surface area contributed by atoms with Gasteiger partial charge in [-0.1, -0.05) is 66.7 Å². The van der Waals surface area contributed by atoms with Crippen LogP contribution in [0.15, 0.2) is 83.8 Å². The van der Waals surface area contributed by atoms with Gasteiger partial charge in [0.05, 0.1) is 0 Å². The smallest absolute Gasteiger partial charge is 0.124 e. The molecule has 0 saturated heterocycles. The topological polar surface area (TPSA) is 23.5 Å². The van der Waals surface area contributed by atoms with Crippen LogP contribution in [-0.2, 0) is 12.0 Å². The summed E-state index contributed by atoms with van der Waals surface area (Å²) >= 11 is 1.72. The van der Waals surface area contributed by atoms with E-state index in [0.717, 1.165) is 30.5 Å². The van der Waals surface area contributed by atoms with E-state index >= 15 is 0 Å². The van der Waals surface area contributed by atoms with Crippen molar-refractivity contribution >= 4 is 11.8 Å². The maximum absolute atomic E-state index is 12.2. The van der Waals surface area contributed by atoms with Crippen LogP contribution in [0.5, 0.6) is 0 Å². The summed E-state index contributed by atoms with van der Waals surface area (Å²) in [6, 6.07) is 27.4. The fourth-order valence-electron chi connectivity index (χ4n) is 4.38. The molecule has 1 aliphatic rings. The van der Waals surface area contributed by atoms with E-state index < -0.39 is 5.60 Å². The van der Waals surface area contributed by atoms with E-state index in [0.29, 0.717) is 11.7 Å². The lowest BCUT2D eigenvalue weighted by atomic mass is 9.83. The van der Waals surface area contributed by atoms with E-state index in [2.05, 4.69) is 91.8 Å². The van der Waals surface area contributed by atoms with Gasteiger partial charge in [-0.05, 0) is 73.8 Å². The Kier molecular flexibility index (Phi) is 6.09. The van der Waals surface area contributed by atoms with E-state index in [1.165, 1.54) is 16.0 Å². The molecule has 3 aromatic carbocycles. The van der Waals surface area contributed by atoms with Crippen LogP contribution in [0.4, 0.5) is 0 Å². The first-order valence-corrected chi connectivity index (χ1v) is 11.3. The molecule has 0 aliphatic heterocycles. The summed E-state index contributed by atoms with van der Waals surface area (Å²) in [5.74, 6) is 1.01. The van der Waals surface area contributed by atoms with Crippen molar-refractivity contribution in [1.82, 2.24) is 4.90 Å². The molecule has 1 N–H and O–H groups in total. The quantitative estimate of drug-likeness (QED) is 0.565. The van der Waals surface area contributed by atoms with Gasteiger partial charge in [-0.25, -0.2) is 0 Å². The predicted octanol–water partition coefficient (Wildman–Crippen LogP) is 5.31. The second kappa shape index (κ2) is 8.74. The molecule has 0 saturated carbocycles. The van der Waals surface area contributed by atoms with Gasteiger partial charge in [0.25, 0.3) is 0 Å². The van der Waals surface area contributed by atoms with Gasteiger partial charge in [0, 0.05) is 10.6 Å². The standard InChI is InChI=1S/C26H29NOS/c1-27(2)17-16-20-18-21-10-6-8-14-24(21)26(28,25-15-9-7-13-23(20)25)19-29-22-11-4-3-5-12-22/h3-15,20,28H,16-19H2,1-2H3. The van der Waals surface area contributed by atoms with Crippen LogP contribution < -0.4 is 0 Å². The molecule has 29 heavy (non-hydrogen) atoms. The van der Waals surface area contributed by atoms with Crippen LogP contribution in [0.25, 0.3) is 0 Å². The van der Waals surface area contributed by atoms with Gasteiger partial charge in [-0.2, -0.15) is 0 Å². The summed E-state index contributed by atoms with van der Waals surface area (Å²) in [4.78, 5) is 3.43. The summed E-state index contributed by atoms with van der Waals surface area (Å²) in [6.45, 7) is 1.04.